The zero-order valence-electron chi connectivity index (χ0n) is 11.6. The number of carbonyl (C=O) groups excluding carboxylic acids is 3. The second kappa shape index (κ2) is 7.08. The molecule has 1 aromatic carbocycles. The Balaban J connectivity index is 2.06. The van der Waals surface area contributed by atoms with Crippen LogP contribution in [0.1, 0.15) is 12.5 Å². The first kappa shape index (κ1) is 16.0. The Morgan fingerprint density at radius 1 is 1.32 bits per heavy atom. The normalized spacial score (nSPS) is 15.5. The van der Waals surface area contributed by atoms with E-state index in [1.165, 1.54) is 6.08 Å². The smallest absolute Gasteiger partial charge is 0.344 e. The summed E-state index contributed by atoms with van der Waals surface area (Å²) in [5.74, 6) is -0.468. The zero-order valence-corrected chi connectivity index (χ0v) is 13.2. The van der Waals surface area contributed by atoms with Crippen LogP contribution in [0.3, 0.4) is 0 Å². The maximum Gasteiger partial charge on any atom is 0.344 e. The summed E-state index contributed by atoms with van der Waals surface area (Å²) in [4.78, 5) is 33.7. The summed E-state index contributed by atoms with van der Waals surface area (Å²) in [5.41, 5.74) is 0.847. The van der Waals surface area contributed by atoms with Gasteiger partial charge in [-0.15, -0.1) is 0 Å². The number of amides is 3. The van der Waals surface area contributed by atoms with Crippen molar-refractivity contribution in [3.05, 3.63) is 33.9 Å². The summed E-state index contributed by atoms with van der Waals surface area (Å²) in [6.45, 7) is 1.82. The fourth-order valence-corrected chi connectivity index (χ4v) is 2.22. The average Bonchev–Trinajstić information content (AvgIpc) is 2.76. The number of nitrogens with one attached hydrogen (secondary N) is 2. The zero-order chi connectivity index (χ0) is 16.1. The minimum atomic E-state index is -0.551. The molecule has 1 fully saturated rings. The van der Waals surface area contributed by atoms with Crippen LogP contribution in [-0.2, 0) is 14.3 Å². The summed E-state index contributed by atoms with van der Waals surface area (Å²) in [7, 11) is 0. The van der Waals surface area contributed by atoms with E-state index in [-0.39, 0.29) is 12.3 Å². The van der Waals surface area contributed by atoms with Gasteiger partial charge < -0.3 is 14.8 Å². The van der Waals surface area contributed by atoms with Crippen LogP contribution in [0.4, 0.5) is 4.79 Å². The van der Waals surface area contributed by atoms with E-state index < -0.39 is 17.9 Å². The lowest BCUT2D eigenvalue weighted by Crippen LogP contribution is -2.22. The summed E-state index contributed by atoms with van der Waals surface area (Å²) < 4.78 is 10.7. The highest BCUT2D eigenvalue weighted by molar-refractivity contribution is 9.10. The van der Waals surface area contributed by atoms with E-state index >= 15 is 0 Å². The first-order valence-corrected chi connectivity index (χ1v) is 7.21. The molecule has 8 heteroatoms. The Morgan fingerprint density at radius 3 is 2.68 bits per heavy atom. The van der Waals surface area contributed by atoms with E-state index in [0.717, 1.165) is 0 Å². The van der Waals surface area contributed by atoms with Gasteiger partial charge in [-0.1, -0.05) is 6.07 Å². The van der Waals surface area contributed by atoms with Gasteiger partial charge >= 0.3 is 12.0 Å². The molecule has 1 aliphatic rings. The topological polar surface area (TPSA) is 93.7 Å². The highest BCUT2D eigenvalue weighted by atomic mass is 79.9. The molecular weight excluding hydrogens is 356 g/mol. The summed E-state index contributed by atoms with van der Waals surface area (Å²) >= 11 is 3.32. The minimum absolute atomic E-state index is 0.164. The van der Waals surface area contributed by atoms with Crippen LogP contribution in [0.2, 0.25) is 0 Å². The molecule has 1 aliphatic heterocycles. The number of esters is 1. The van der Waals surface area contributed by atoms with E-state index in [0.29, 0.717) is 22.4 Å². The summed E-state index contributed by atoms with van der Waals surface area (Å²) in [6, 6.07) is 4.48. The van der Waals surface area contributed by atoms with E-state index in [9.17, 15) is 14.4 Å². The molecule has 0 radical (unpaired) electrons. The maximum atomic E-state index is 11.4. The number of benzene rings is 1. The number of rotatable bonds is 5. The third kappa shape index (κ3) is 4.08. The molecule has 0 aliphatic carbocycles. The number of hydrogen-bond donors (Lipinski definition) is 2. The predicted molar refractivity (Wildman–Crippen MR) is 80.9 cm³/mol. The van der Waals surface area contributed by atoms with E-state index in [1.54, 1.807) is 25.1 Å². The van der Waals surface area contributed by atoms with Crippen LogP contribution in [0.5, 0.6) is 5.75 Å². The fourth-order valence-electron chi connectivity index (χ4n) is 1.71. The van der Waals surface area contributed by atoms with Crippen LogP contribution in [-0.4, -0.2) is 31.1 Å². The van der Waals surface area contributed by atoms with Crippen LogP contribution in [0.25, 0.3) is 6.08 Å². The molecule has 0 saturated carbocycles. The SMILES string of the molecule is CCOC(=O)COc1ccc(C=C2NC(=O)NC2=O)cc1Br. The third-order valence-electron chi connectivity index (χ3n) is 2.64. The lowest BCUT2D eigenvalue weighted by Gasteiger charge is -2.08. The van der Waals surface area contributed by atoms with Crippen molar-refractivity contribution >= 4 is 39.9 Å². The first-order chi connectivity index (χ1) is 10.5. The second-order valence-corrected chi connectivity index (χ2v) is 5.10. The number of urea groups is 1. The van der Waals surface area contributed by atoms with Crippen molar-refractivity contribution in [1.29, 1.82) is 0 Å². The lowest BCUT2D eigenvalue weighted by molar-refractivity contribution is -0.145. The standard InChI is InChI=1S/C14H13BrN2O5/c1-2-21-12(18)7-22-11-4-3-8(5-9(11)15)6-10-13(19)17-14(20)16-10/h3-6H,2,7H2,1H3,(H2,16,17,19,20). The number of carbonyl (C=O) groups is 3. The van der Waals surface area contributed by atoms with Crippen molar-refractivity contribution in [1.82, 2.24) is 10.6 Å². The molecule has 22 heavy (non-hydrogen) atoms. The van der Waals surface area contributed by atoms with Crippen LogP contribution >= 0.6 is 15.9 Å². The molecule has 2 rings (SSSR count). The van der Waals surface area contributed by atoms with Crippen molar-refractivity contribution in [3.63, 3.8) is 0 Å². The molecule has 116 valence electrons. The highest BCUT2D eigenvalue weighted by Crippen LogP contribution is 2.27. The predicted octanol–water partition coefficient (Wildman–Crippen LogP) is 1.57. The van der Waals surface area contributed by atoms with E-state index in [2.05, 4.69) is 26.6 Å². The van der Waals surface area contributed by atoms with Crippen LogP contribution in [0.15, 0.2) is 28.4 Å². The molecule has 1 saturated heterocycles. The Bertz CT molecular complexity index is 657. The number of halogens is 1. The Labute approximate surface area is 134 Å². The highest BCUT2D eigenvalue weighted by Gasteiger charge is 2.22. The fraction of sp³-hybridized carbons (Fsp3) is 0.214. The molecule has 0 spiro atoms. The van der Waals surface area contributed by atoms with E-state index in [4.69, 9.17) is 9.47 Å². The van der Waals surface area contributed by atoms with Gasteiger partial charge in [0.05, 0.1) is 11.1 Å². The number of hydrogen-bond acceptors (Lipinski definition) is 5. The van der Waals surface area contributed by atoms with Gasteiger partial charge in [-0.05, 0) is 46.6 Å². The largest absolute Gasteiger partial charge is 0.481 e. The summed E-state index contributed by atoms with van der Waals surface area (Å²) in [5, 5.41) is 4.51. The molecule has 0 atom stereocenters. The van der Waals surface area contributed by atoms with Gasteiger partial charge in [-0.3, -0.25) is 10.1 Å². The van der Waals surface area contributed by atoms with Gasteiger partial charge in [-0.2, -0.15) is 0 Å². The molecule has 0 unspecified atom stereocenters. The lowest BCUT2D eigenvalue weighted by atomic mass is 10.2. The Morgan fingerprint density at radius 2 is 2.09 bits per heavy atom. The third-order valence-corrected chi connectivity index (χ3v) is 3.26. The minimum Gasteiger partial charge on any atom is -0.481 e. The molecule has 0 aromatic heterocycles. The first-order valence-electron chi connectivity index (χ1n) is 6.41. The van der Waals surface area contributed by atoms with Crippen molar-refractivity contribution in [2.75, 3.05) is 13.2 Å². The molecule has 0 bridgehead atoms. The Kier molecular flexibility index (Phi) is 5.16. The average molecular weight is 369 g/mol. The molecule has 1 heterocycles. The van der Waals surface area contributed by atoms with Gasteiger partial charge in [0.2, 0.25) is 0 Å². The molecule has 3 amide bonds. The van der Waals surface area contributed by atoms with Gasteiger partial charge in [0.15, 0.2) is 6.61 Å². The Hall–Kier alpha value is -2.35. The van der Waals surface area contributed by atoms with Crippen molar-refractivity contribution in [2.24, 2.45) is 0 Å². The molecule has 1 aromatic rings. The van der Waals surface area contributed by atoms with Gasteiger partial charge in [0, 0.05) is 0 Å². The van der Waals surface area contributed by atoms with E-state index in [1.807, 2.05) is 0 Å². The number of ether oxygens (including phenoxy) is 2. The van der Waals surface area contributed by atoms with Crippen LogP contribution in [0, 0.1) is 0 Å². The number of imide groups is 1. The van der Waals surface area contributed by atoms with Gasteiger partial charge in [0.1, 0.15) is 11.4 Å². The summed E-state index contributed by atoms with van der Waals surface area (Å²) in [6.07, 6.45) is 1.53. The second-order valence-electron chi connectivity index (χ2n) is 4.25. The molecule has 7 nitrogen and oxygen atoms in total. The van der Waals surface area contributed by atoms with Gasteiger partial charge in [-0.25, -0.2) is 9.59 Å². The van der Waals surface area contributed by atoms with Crippen molar-refractivity contribution in [3.8, 4) is 5.75 Å². The molecule has 2 N–H and O–H groups in total. The van der Waals surface area contributed by atoms with Crippen LogP contribution < -0.4 is 15.4 Å². The molecular formula is C14H13BrN2O5. The monoisotopic (exact) mass is 368 g/mol. The van der Waals surface area contributed by atoms with Gasteiger partial charge in [0.25, 0.3) is 5.91 Å². The maximum absolute atomic E-state index is 11.4. The van der Waals surface area contributed by atoms with Crippen molar-refractivity contribution < 1.29 is 23.9 Å². The van der Waals surface area contributed by atoms with Crippen molar-refractivity contribution in [2.45, 2.75) is 6.92 Å². The quantitative estimate of drug-likeness (QED) is 0.467.